The standard InChI is InChI=1S/C15H22N4O2/c20-14-5-10-18(11-8-17-14)15(21)13-2-1-9-19(13)12-3-6-16-7-4-12/h1-2,9,12,16H,3-8,10-11H2,(H,17,20). The van der Waals surface area contributed by atoms with Crippen LogP contribution in [0.25, 0.3) is 0 Å². The highest BCUT2D eigenvalue weighted by molar-refractivity contribution is 5.93. The largest absolute Gasteiger partial charge is 0.354 e. The molecule has 0 bridgehead atoms. The minimum atomic E-state index is 0.0269. The number of amides is 2. The van der Waals surface area contributed by atoms with Gasteiger partial charge in [-0.3, -0.25) is 9.59 Å². The van der Waals surface area contributed by atoms with E-state index < -0.39 is 0 Å². The third-order valence-corrected chi connectivity index (χ3v) is 4.30. The Morgan fingerprint density at radius 3 is 2.81 bits per heavy atom. The van der Waals surface area contributed by atoms with E-state index >= 15 is 0 Å². The number of carbonyl (C=O) groups is 2. The van der Waals surface area contributed by atoms with Crippen LogP contribution in [0.15, 0.2) is 18.3 Å². The predicted molar refractivity (Wildman–Crippen MR) is 79.1 cm³/mol. The molecule has 6 heteroatoms. The summed E-state index contributed by atoms with van der Waals surface area (Å²) in [6.45, 7) is 3.62. The topological polar surface area (TPSA) is 66.4 Å². The molecule has 6 nitrogen and oxygen atoms in total. The van der Waals surface area contributed by atoms with Crippen LogP contribution < -0.4 is 10.6 Å². The smallest absolute Gasteiger partial charge is 0.270 e. The molecule has 0 saturated carbocycles. The minimum Gasteiger partial charge on any atom is -0.354 e. The van der Waals surface area contributed by atoms with Gasteiger partial charge in [0.25, 0.3) is 5.91 Å². The number of aromatic nitrogens is 1. The van der Waals surface area contributed by atoms with Crippen LogP contribution in [0.5, 0.6) is 0 Å². The van der Waals surface area contributed by atoms with Gasteiger partial charge in [0.05, 0.1) is 0 Å². The first-order valence-electron chi connectivity index (χ1n) is 7.69. The zero-order valence-corrected chi connectivity index (χ0v) is 12.2. The van der Waals surface area contributed by atoms with Crippen LogP contribution in [0, 0.1) is 0 Å². The molecule has 2 fully saturated rings. The Bertz CT molecular complexity index is 519. The molecule has 114 valence electrons. The fourth-order valence-corrected chi connectivity index (χ4v) is 3.11. The second-order valence-corrected chi connectivity index (χ2v) is 5.67. The van der Waals surface area contributed by atoms with Crippen molar-refractivity contribution in [2.75, 3.05) is 32.7 Å². The van der Waals surface area contributed by atoms with Gasteiger partial charge >= 0.3 is 0 Å². The van der Waals surface area contributed by atoms with Crippen molar-refractivity contribution in [3.63, 3.8) is 0 Å². The Morgan fingerprint density at radius 1 is 1.19 bits per heavy atom. The van der Waals surface area contributed by atoms with Crippen molar-refractivity contribution in [3.05, 3.63) is 24.0 Å². The number of rotatable bonds is 2. The zero-order valence-electron chi connectivity index (χ0n) is 12.2. The van der Waals surface area contributed by atoms with Gasteiger partial charge in [-0.25, -0.2) is 0 Å². The highest BCUT2D eigenvalue weighted by Gasteiger charge is 2.24. The van der Waals surface area contributed by atoms with Crippen molar-refractivity contribution in [3.8, 4) is 0 Å². The van der Waals surface area contributed by atoms with E-state index in [1.54, 1.807) is 4.90 Å². The van der Waals surface area contributed by atoms with Gasteiger partial charge in [-0.15, -0.1) is 0 Å². The summed E-state index contributed by atoms with van der Waals surface area (Å²) < 4.78 is 2.11. The van der Waals surface area contributed by atoms with Gasteiger partial charge in [-0.2, -0.15) is 0 Å². The lowest BCUT2D eigenvalue weighted by molar-refractivity contribution is -0.120. The molecule has 0 aromatic carbocycles. The summed E-state index contributed by atoms with van der Waals surface area (Å²) in [6.07, 6.45) is 4.49. The maximum Gasteiger partial charge on any atom is 0.270 e. The molecule has 0 radical (unpaired) electrons. The average molecular weight is 290 g/mol. The van der Waals surface area contributed by atoms with Crippen molar-refractivity contribution < 1.29 is 9.59 Å². The number of hydrogen-bond acceptors (Lipinski definition) is 3. The van der Waals surface area contributed by atoms with Crippen molar-refractivity contribution in [2.45, 2.75) is 25.3 Å². The van der Waals surface area contributed by atoms with Crippen LogP contribution in [0.1, 0.15) is 35.8 Å². The van der Waals surface area contributed by atoms with E-state index in [1.165, 1.54) is 0 Å². The van der Waals surface area contributed by atoms with E-state index in [1.807, 2.05) is 18.3 Å². The summed E-state index contributed by atoms with van der Waals surface area (Å²) >= 11 is 0. The lowest BCUT2D eigenvalue weighted by Gasteiger charge is -2.27. The molecule has 1 aromatic rings. The summed E-state index contributed by atoms with van der Waals surface area (Å²) in [5, 5.41) is 6.15. The number of nitrogens with zero attached hydrogens (tertiary/aromatic N) is 2. The molecule has 0 spiro atoms. The number of nitrogens with one attached hydrogen (secondary N) is 2. The molecule has 1 aromatic heterocycles. The highest BCUT2D eigenvalue weighted by atomic mass is 16.2. The van der Waals surface area contributed by atoms with E-state index in [0.29, 0.717) is 32.1 Å². The molecular weight excluding hydrogens is 268 g/mol. The maximum atomic E-state index is 12.7. The highest BCUT2D eigenvalue weighted by Crippen LogP contribution is 2.22. The Morgan fingerprint density at radius 2 is 2.00 bits per heavy atom. The first kappa shape index (κ1) is 14.1. The zero-order chi connectivity index (χ0) is 14.7. The van der Waals surface area contributed by atoms with Gasteiger partial charge in [0, 0.05) is 38.3 Å². The quantitative estimate of drug-likeness (QED) is 0.827. The van der Waals surface area contributed by atoms with Gasteiger partial charge in [0.1, 0.15) is 5.69 Å². The molecule has 0 atom stereocenters. The first-order valence-corrected chi connectivity index (χ1v) is 7.69. The van der Waals surface area contributed by atoms with E-state index in [9.17, 15) is 9.59 Å². The lowest BCUT2D eigenvalue weighted by atomic mass is 10.1. The SMILES string of the molecule is O=C1CCN(C(=O)c2cccn2C2CCNCC2)CCN1. The van der Waals surface area contributed by atoms with Gasteiger partial charge in [0.2, 0.25) is 5.91 Å². The number of piperidine rings is 1. The van der Waals surface area contributed by atoms with Crippen LogP contribution in [-0.2, 0) is 4.79 Å². The van der Waals surface area contributed by atoms with Crippen molar-refractivity contribution >= 4 is 11.8 Å². The molecule has 2 saturated heterocycles. The third kappa shape index (κ3) is 3.10. The molecule has 3 rings (SSSR count). The van der Waals surface area contributed by atoms with Crippen LogP contribution in [-0.4, -0.2) is 54.0 Å². The second kappa shape index (κ2) is 6.30. The monoisotopic (exact) mass is 290 g/mol. The molecule has 2 aliphatic heterocycles. The molecule has 21 heavy (non-hydrogen) atoms. The van der Waals surface area contributed by atoms with Gasteiger partial charge < -0.3 is 20.1 Å². The van der Waals surface area contributed by atoms with Crippen molar-refractivity contribution in [1.82, 2.24) is 20.1 Å². The Kier molecular flexibility index (Phi) is 4.24. The summed E-state index contributed by atoms with van der Waals surface area (Å²) in [5.74, 6) is 0.0640. The van der Waals surface area contributed by atoms with Gasteiger partial charge in [-0.05, 0) is 38.1 Å². The van der Waals surface area contributed by atoms with Gasteiger partial charge in [0.15, 0.2) is 0 Å². The van der Waals surface area contributed by atoms with Crippen molar-refractivity contribution in [1.29, 1.82) is 0 Å². The van der Waals surface area contributed by atoms with E-state index in [-0.39, 0.29) is 11.8 Å². The van der Waals surface area contributed by atoms with Crippen LogP contribution in [0.2, 0.25) is 0 Å². The average Bonchev–Trinajstić information content (AvgIpc) is 2.90. The van der Waals surface area contributed by atoms with Crippen LogP contribution in [0.4, 0.5) is 0 Å². The molecule has 0 unspecified atom stereocenters. The minimum absolute atomic E-state index is 0.0269. The number of hydrogen-bond donors (Lipinski definition) is 2. The fraction of sp³-hybridized carbons (Fsp3) is 0.600. The maximum absolute atomic E-state index is 12.7. The van der Waals surface area contributed by atoms with Gasteiger partial charge in [-0.1, -0.05) is 0 Å². The van der Waals surface area contributed by atoms with E-state index in [0.717, 1.165) is 31.6 Å². The van der Waals surface area contributed by atoms with Crippen molar-refractivity contribution in [2.24, 2.45) is 0 Å². The Hall–Kier alpha value is -1.82. The predicted octanol–water partition coefficient (Wildman–Crippen LogP) is 0.375. The van der Waals surface area contributed by atoms with Crippen LogP contribution >= 0.6 is 0 Å². The first-order chi connectivity index (χ1) is 10.3. The second-order valence-electron chi connectivity index (χ2n) is 5.67. The van der Waals surface area contributed by atoms with E-state index in [4.69, 9.17) is 0 Å². The summed E-state index contributed by atoms with van der Waals surface area (Å²) in [6, 6.07) is 4.23. The van der Waals surface area contributed by atoms with Crippen LogP contribution in [0.3, 0.4) is 0 Å². The molecule has 2 aliphatic rings. The molecule has 3 heterocycles. The fourth-order valence-electron chi connectivity index (χ4n) is 3.11. The summed E-state index contributed by atoms with van der Waals surface area (Å²) in [5.41, 5.74) is 0.747. The molecular formula is C15H22N4O2. The summed E-state index contributed by atoms with van der Waals surface area (Å²) in [4.78, 5) is 25.9. The Labute approximate surface area is 124 Å². The van der Waals surface area contributed by atoms with E-state index in [2.05, 4.69) is 15.2 Å². The molecule has 0 aliphatic carbocycles. The lowest BCUT2D eigenvalue weighted by Crippen LogP contribution is -2.37. The molecule has 2 N–H and O–H groups in total. The number of carbonyl (C=O) groups excluding carboxylic acids is 2. The summed E-state index contributed by atoms with van der Waals surface area (Å²) in [7, 11) is 0. The third-order valence-electron chi connectivity index (χ3n) is 4.30. The Balaban J connectivity index is 1.75. The normalized spacial score (nSPS) is 21.0. The molecule has 2 amide bonds.